The summed E-state index contributed by atoms with van der Waals surface area (Å²) in [7, 11) is 0. The first-order valence-corrected chi connectivity index (χ1v) is 20.6. The molecule has 0 fully saturated rings. The highest BCUT2D eigenvalue weighted by Crippen LogP contribution is 2.46. The molecule has 1 aliphatic heterocycles. The molecule has 0 spiro atoms. The minimum absolute atomic E-state index is 0.910. The van der Waals surface area contributed by atoms with Crippen LogP contribution in [0, 0.1) is 0 Å². The zero-order chi connectivity index (χ0) is 39.2. The molecule has 276 valence electrons. The molecule has 0 unspecified atom stereocenters. The van der Waals surface area contributed by atoms with E-state index in [1.54, 1.807) is 11.8 Å². The van der Waals surface area contributed by atoms with Crippen molar-refractivity contribution in [2.24, 2.45) is 0 Å². The predicted octanol–water partition coefficient (Wildman–Crippen LogP) is 14.5. The minimum Gasteiger partial charge on any atom is -0.309 e. The second kappa shape index (κ2) is 13.0. The van der Waals surface area contributed by atoms with Crippen LogP contribution in [0.1, 0.15) is 5.69 Å². The van der Waals surface area contributed by atoms with Gasteiger partial charge in [0.15, 0.2) is 0 Å². The van der Waals surface area contributed by atoms with Crippen LogP contribution in [0.25, 0.3) is 104 Å². The molecule has 0 N–H and O–H groups in total. The Morgan fingerprint density at radius 3 is 1.54 bits per heavy atom. The molecule has 0 saturated heterocycles. The summed E-state index contributed by atoms with van der Waals surface area (Å²) in [6, 6.07) is 59.6. The summed E-state index contributed by atoms with van der Waals surface area (Å²) >= 11 is 1.64. The molecular weight excluding hydrogens is 737 g/mol. The van der Waals surface area contributed by atoms with Crippen LogP contribution in [0.2, 0.25) is 0 Å². The fourth-order valence-electron chi connectivity index (χ4n) is 9.24. The van der Waals surface area contributed by atoms with Crippen LogP contribution >= 0.6 is 11.8 Å². The molecule has 59 heavy (non-hydrogen) atoms. The second-order valence-electron chi connectivity index (χ2n) is 15.1. The van der Waals surface area contributed by atoms with Crippen molar-refractivity contribution in [3.05, 3.63) is 206 Å². The van der Waals surface area contributed by atoms with Gasteiger partial charge in [-0.25, -0.2) is 4.98 Å². The number of thioether (sulfide) groups is 1. The normalized spacial score (nSPS) is 12.7. The number of hydrogen-bond donors (Lipinski definition) is 0. The van der Waals surface area contributed by atoms with Crippen LogP contribution in [0.4, 0.5) is 0 Å². The molecule has 11 aromatic rings. The number of nitrogens with zero attached hydrogens (tertiary/aromatic N) is 4. The van der Waals surface area contributed by atoms with Crippen molar-refractivity contribution in [3.8, 4) is 33.6 Å². The molecule has 4 aromatic heterocycles. The van der Waals surface area contributed by atoms with Gasteiger partial charge in [0.2, 0.25) is 0 Å². The average molecular weight is 771 g/mol. The van der Waals surface area contributed by atoms with Crippen LogP contribution in [0.3, 0.4) is 0 Å². The zero-order valence-corrected chi connectivity index (χ0v) is 32.7. The lowest BCUT2D eigenvalue weighted by molar-refractivity contribution is 1.18. The van der Waals surface area contributed by atoms with E-state index >= 15 is 0 Å². The topological polar surface area (TPSA) is 35.6 Å². The van der Waals surface area contributed by atoms with Gasteiger partial charge in [0, 0.05) is 60.4 Å². The van der Waals surface area contributed by atoms with Gasteiger partial charge in [0.05, 0.1) is 33.3 Å². The van der Waals surface area contributed by atoms with E-state index in [-0.39, 0.29) is 0 Å². The van der Waals surface area contributed by atoms with Crippen molar-refractivity contribution in [2.45, 2.75) is 5.03 Å². The van der Waals surface area contributed by atoms with Crippen molar-refractivity contribution in [1.29, 1.82) is 0 Å². The van der Waals surface area contributed by atoms with Crippen LogP contribution in [-0.4, -0.2) is 19.1 Å². The van der Waals surface area contributed by atoms with E-state index in [1.165, 1.54) is 54.7 Å². The fraction of sp³-hybridized carbons (Fsp3) is 0. The van der Waals surface area contributed by atoms with E-state index in [1.807, 2.05) is 18.3 Å². The summed E-state index contributed by atoms with van der Waals surface area (Å²) in [6.45, 7) is 8.15. The van der Waals surface area contributed by atoms with Gasteiger partial charge in [0.1, 0.15) is 5.03 Å². The Labute approximate surface area is 344 Å². The first-order valence-electron chi connectivity index (χ1n) is 19.8. The van der Waals surface area contributed by atoms with Crippen molar-refractivity contribution >= 4 is 82.6 Å². The number of aromatic nitrogens is 4. The molecule has 5 heteroatoms. The largest absolute Gasteiger partial charge is 0.309 e. The number of pyridine rings is 2. The molecule has 0 atom stereocenters. The van der Waals surface area contributed by atoms with Crippen molar-refractivity contribution in [1.82, 2.24) is 19.1 Å². The highest BCUT2D eigenvalue weighted by atomic mass is 32.2. The summed E-state index contributed by atoms with van der Waals surface area (Å²) in [6.07, 6.45) is 5.65. The smallest absolute Gasteiger partial charge is 0.112 e. The van der Waals surface area contributed by atoms with Gasteiger partial charge in [-0.1, -0.05) is 116 Å². The highest BCUT2D eigenvalue weighted by molar-refractivity contribution is 8.03. The SMILES string of the molecule is C=CC1=C(C=C)c2nccc3c2c(nc2ccc(-c4ccc5c(c4)c4cc(-c6ccc7c(c6)c6ccccc6n7-c6ccccc6)ccc4n5-c4ccccc4)cc23)S1. The van der Waals surface area contributed by atoms with Gasteiger partial charge < -0.3 is 9.13 Å². The van der Waals surface area contributed by atoms with Crippen LogP contribution in [0.5, 0.6) is 0 Å². The third-order valence-corrected chi connectivity index (χ3v) is 13.0. The fourth-order valence-corrected chi connectivity index (χ4v) is 10.3. The standard InChI is InChI=1S/C54H34N4S/c1-3-39-51(4-2)59-54-52-41(27-28-55-53(39)52)42-29-33(19-23-46(42)56-54)35-21-25-49-44(31-35)45-32-36(22-26-50(45)58(49)38-15-9-6-10-16-38)34-20-24-48-43(30-34)40-17-11-12-18-47(40)57(48)37-13-7-5-8-14-37/h3-32H,1-2H2. The summed E-state index contributed by atoms with van der Waals surface area (Å²) in [5.41, 5.74) is 14.6. The molecule has 0 aliphatic carbocycles. The number of para-hydroxylation sites is 3. The first-order chi connectivity index (χ1) is 29.2. The quantitative estimate of drug-likeness (QED) is 0.158. The maximum atomic E-state index is 5.16. The van der Waals surface area contributed by atoms with E-state index in [0.29, 0.717) is 0 Å². The molecular formula is C54H34N4S. The predicted molar refractivity (Wildman–Crippen MR) is 250 cm³/mol. The van der Waals surface area contributed by atoms with Crippen molar-refractivity contribution < 1.29 is 0 Å². The molecule has 1 aliphatic rings. The number of fused-ring (bicyclic) bond motifs is 8. The molecule has 4 nitrogen and oxygen atoms in total. The van der Waals surface area contributed by atoms with Crippen LogP contribution in [0.15, 0.2) is 205 Å². The van der Waals surface area contributed by atoms with Crippen molar-refractivity contribution in [2.75, 3.05) is 0 Å². The Kier molecular flexibility index (Phi) is 7.43. The van der Waals surface area contributed by atoms with E-state index in [4.69, 9.17) is 9.97 Å². The Morgan fingerprint density at radius 1 is 0.458 bits per heavy atom. The summed E-state index contributed by atoms with van der Waals surface area (Å²) < 4.78 is 4.76. The van der Waals surface area contributed by atoms with Gasteiger partial charge in [-0.15, -0.1) is 0 Å². The molecule has 0 saturated carbocycles. The third kappa shape index (κ3) is 5.05. The first kappa shape index (κ1) is 33.6. The van der Waals surface area contributed by atoms with Crippen LogP contribution < -0.4 is 0 Å². The Hall–Kier alpha value is -7.47. The van der Waals surface area contributed by atoms with E-state index in [9.17, 15) is 0 Å². The average Bonchev–Trinajstić information content (AvgIpc) is 3.81. The molecule has 0 amide bonds. The highest BCUT2D eigenvalue weighted by Gasteiger charge is 2.23. The second-order valence-corrected chi connectivity index (χ2v) is 16.1. The Morgan fingerprint density at radius 2 is 0.966 bits per heavy atom. The maximum Gasteiger partial charge on any atom is 0.112 e. The third-order valence-electron chi connectivity index (χ3n) is 11.9. The summed E-state index contributed by atoms with van der Waals surface area (Å²) in [4.78, 5) is 11.0. The van der Waals surface area contributed by atoms with Gasteiger partial charge in [-0.3, -0.25) is 4.98 Å². The molecule has 12 rings (SSSR count). The number of allylic oxidation sites excluding steroid dienone is 3. The van der Waals surface area contributed by atoms with Gasteiger partial charge in [0.25, 0.3) is 0 Å². The van der Waals surface area contributed by atoms with E-state index < -0.39 is 0 Å². The van der Waals surface area contributed by atoms with E-state index in [2.05, 4.69) is 186 Å². The molecule has 7 aromatic carbocycles. The molecule has 0 bridgehead atoms. The lowest BCUT2D eigenvalue weighted by Crippen LogP contribution is -2.00. The van der Waals surface area contributed by atoms with Crippen molar-refractivity contribution in [3.63, 3.8) is 0 Å². The lowest BCUT2D eigenvalue weighted by atomic mass is 9.97. The number of hydrogen-bond acceptors (Lipinski definition) is 3. The molecule has 0 radical (unpaired) electrons. The van der Waals surface area contributed by atoms with Crippen LogP contribution in [-0.2, 0) is 0 Å². The van der Waals surface area contributed by atoms with Gasteiger partial charge >= 0.3 is 0 Å². The maximum absolute atomic E-state index is 5.16. The lowest BCUT2D eigenvalue weighted by Gasteiger charge is -2.20. The van der Waals surface area contributed by atoms with E-state index in [0.717, 1.165) is 65.4 Å². The summed E-state index contributed by atoms with van der Waals surface area (Å²) in [5, 5.41) is 9.18. The van der Waals surface area contributed by atoms with Gasteiger partial charge in [-0.05, 0) is 113 Å². The van der Waals surface area contributed by atoms with Gasteiger partial charge in [-0.2, -0.15) is 0 Å². The number of benzene rings is 7. The number of rotatable bonds is 6. The summed E-state index contributed by atoms with van der Waals surface area (Å²) in [5.74, 6) is 0. The minimum atomic E-state index is 0.910. The Balaban J connectivity index is 1.05. The monoisotopic (exact) mass is 770 g/mol. The zero-order valence-electron chi connectivity index (χ0n) is 31.9. The molecule has 5 heterocycles. The Bertz CT molecular complexity index is 3610.